The molecule has 0 spiro atoms. The topological polar surface area (TPSA) is 87.9 Å². The normalized spacial score (nSPS) is 11.0. The van der Waals surface area contributed by atoms with Crippen molar-refractivity contribution in [2.45, 2.75) is 0 Å². The van der Waals surface area contributed by atoms with Gasteiger partial charge in [-0.2, -0.15) is 5.26 Å². The maximum absolute atomic E-state index is 11.6. The molecule has 3 aromatic carbocycles. The van der Waals surface area contributed by atoms with Gasteiger partial charge in [0, 0.05) is 23.0 Å². The number of anilines is 1. The summed E-state index contributed by atoms with van der Waals surface area (Å²) in [4.78, 5) is 21.4. The van der Waals surface area contributed by atoms with Crippen molar-refractivity contribution in [1.29, 1.82) is 5.26 Å². The van der Waals surface area contributed by atoms with Crippen LogP contribution in [-0.4, -0.2) is 23.0 Å². The Morgan fingerprint density at radius 2 is 1.48 bits per heavy atom. The van der Waals surface area contributed by atoms with Gasteiger partial charge in [0.15, 0.2) is 5.57 Å². The van der Waals surface area contributed by atoms with Gasteiger partial charge in [0.25, 0.3) is 0 Å². The lowest BCUT2D eigenvalue weighted by molar-refractivity contribution is -0.135. The third kappa shape index (κ3) is 4.26. The highest BCUT2D eigenvalue weighted by atomic mass is 16.5. The largest absolute Gasteiger partial charge is 0.465 e. The number of hydrogen-bond acceptors (Lipinski definition) is 6. The Labute approximate surface area is 179 Å². The van der Waals surface area contributed by atoms with Crippen molar-refractivity contribution in [2.75, 3.05) is 12.4 Å². The molecule has 0 aliphatic heterocycles. The summed E-state index contributed by atoms with van der Waals surface area (Å²) in [5, 5.41) is 12.1. The lowest BCUT2D eigenvalue weighted by Gasteiger charge is -2.11. The Morgan fingerprint density at radius 3 is 2.03 bits per heavy atom. The summed E-state index contributed by atoms with van der Waals surface area (Å²) >= 11 is 0. The molecule has 0 aliphatic carbocycles. The van der Waals surface area contributed by atoms with Gasteiger partial charge in [-0.25, -0.2) is 14.8 Å². The Bertz CT molecular complexity index is 1310. The maximum Gasteiger partial charge on any atom is 0.350 e. The van der Waals surface area contributed by atoms with E-state index in [2.05, 4.69) is 10.1 Å². The van der Waals surface area contributed by atoms with Gasteiger partial charge in [-0.1, -0.05) is 60.7 Å². The predicted molar refractivity (Wildman–Crippen MR) is 120 cm³/mol. The molecule has 1 aromatic heterocycles. The van der Waals surface area contributed by atoms with Crippen molar-refractivity contribution < 1.29 is 9.53 Å². The van der Waals surface area contributed by atoms with Crippen LogP contribution in [-0.2, 0) is 9.53 Å². The highest BCUT2D eigenvalue weighted by Gasteiger charge is 2.13. The number of benzene rings is 3. The minimum absolute atomic E-state index is 0.127. The summed E-state index contributed by atoms with van der Waals surface area (Å²) in [5.41, 5.74) is 5.50. The van der Waals surface area contributed by atoms with E-state index in [4.69, 9.17) is 15.2 Å². The van der Waals surface area contributed by atoms with Crippen molar-refractivity contribution in [3.63, 3.8) is 0 Å². The van der Waals surface area contributed by atoms with Crippen molar-refractivity contribution in [3.8, 4) is 28.6 Å². The van der Waals surface area contributed by atoms with Crippen molar-refractivity contribution in [3.05, 3.63) is 90.6 Å². The van der Waals surface area contributed by atoms with Gasteiger partial charge >= 0.3 is 5.97 Å². The summed E-state index contributed by atoms with van der Waals surface area (Å²) in [5.74, 6) is -0.700. The van der Waals surface area contributed by atoms with Crippen molar-refractivity contribution >= 4 is 22.7 Å². The van der Waals surface area contributed by atoms with E-state index in [0.29, 0.717) is 11.2 Å². The van der Waals surface area contributed by atoms with Crippen LogP contribution in [0.3, 0.4) is 0 Å². The zero-order chi connectivity index (χ0) is 21.6. The molecule has 0 fully saturated rings. The van der Waals surface area contributed by atoms with Crippen LogP contribution < -0.4 is 5.32 Å². The highest BCUT2D eigenvalue weighted by Crippen LogP contribution is 2.31. The Hall–Kier alpha value is -4.50. The number of nitriles is 1. The van der Waals surface area contributed by atoms with Gasteiger partial charge in [-0.15, -0.1) is 0 Å². The minimum Gasteiger partial charge on any atom is -0.465 e. The molecule has 0 unspecified atom stereocenters. The molecule has 6 heteroatoms. The number of methoxy groups -OCH3 is 1. The number of rotatable bonds is 5. The second-order valence-electron chi connectivity index (χ2n) is 6.66. The summed E-state index contributed by atoms with van der Waals surface area (Å²) in [6.07, 6.45) is 1.32. The lowest BCUT2D eigenvalue weighted by Crippen LogP contribution is -2.05. The molecule has 1 heterocycles. The van der Waals surface area contributed by atoms with Crippen LogP contribution >= 0.6 is 0 Å². The smallest absolute Gasteiger partial charge is 0.350 e. The number of carbonyl (C=O) groups is 1. The number of ether oxygens (including phenoxy) is 1. The average molecular weight is 406 g/mol. The SMILES string of the molecule is COC(=O)/C(C#N)=C\Nc1ccc2nc(-c3ccccc3)c(-c3ccccc3)nc2c1. The van der Waals surface area contributed by atoms with Gasteiger partial charge < -0.3 is 10.1 Å². The Kier molecular flexibility index (Phi) is 5.68. The lowest BCUT2D eigenvalue weighted by atomic mass is 10.0. The molecular weight excluding hydrogens is 388 g/mol. The van der Waals surface area contributed by atoms with Gasteiger partial charge in [0.05, 0.1) is 29.5 Å². The van der Waals surface area contributed by atoms with Gasteiger partial charge in [-0.3, -0.25) is 0 Å². The standard InChI is InChI=1S/C25H18N4O2/c1-31-25(30)19(15-26)16-27-20-12-13-21-22(14-20)29-24(18-10-6-3-7-11-18)23(28-21)17-8-4-2-5-9-17/h2-14,16,27H,1H3/b19-16-. The van der Waals surface area contributed by atoms with Crippen LogP contribution in [0.25, 0.3) is 33.5 Å². The van der Waals surface area contributed by atoms with Gasteiger partial charge in [0.2, 0.25) is 0 Å². The first-order valence-electron chi connectivity index (χ1n) is 9.57. The molecule has 0 saturated carbocycles. The fourth-order valence-electron chi connectivity index (χ4n) is 3.14. The van der Waals surface area contributed by atoms with Crippen LogP contribution in [0, 0.1) is 11.3 Å². The van der Waals surface area contributed by atoms with Crippen molar-refractivity contribution in [1.82, 2.24) is 9.97 Å². The monoisotopic (exact) mass is 406 g/mol. The maximum atomic E-state index is 11.6. The first-order valence-corrected chi connectivity index (χ1v) is 9.57. The quantitative estimate of drug-likeness (QED) is 0.286. The fourth-order valence-corrected chi connectivity index (χ4v) is 3.14. The number of nitrogens with zero attached hydrogens (tertiary/aromatic N) is 3. The van der Waals surface area contributed by atoms with Crippen LogP contribution in [0.5, 0.6) is 0 Å². The average Bonchev–Trinajstić information content (AvgIpc) is 2.84. The highest BCUT2D eigenvalue weighted by molar-refractivity contribution is 5.93. The third-order valence-corrected chi connectivity index (χ3v) is 4.67. The minimum atomic E-state index is -0.700. The van der Waals surface area contributed by atoms with Gasteiger partial charge in [0.1, 0.15) is 6.07 Å². The summed E-state index contributed by atoms with van der Waals surface area (Å²) in [7, 11) is 1.23. The number of carbonyl (C=O) groups excluding carboxylic acids is 1. The first kappa shape index (κ1) is 19.8. The molecule has 6 nitrogen and oxygen atoms in total. The molecule has 0 aliphatic rings. The number of hydrogen-bond donors (Lipinski definition) is 1. The van der Waals surface area contributed by atoms with E-state index in [9.17, 15) is 4.79 Å². The van der Waals surface area contributed by atoms with E-state index in [1.807, 2.05) is 84.9 Å². The van der Waals surface area contributed by atoms with E-state index in [-0.39, 0.29) is 5.57 Å². The number of nitrogens with one attached hydrogen (secondary N) is 1. The molecule has 4 rings (SSSR count). The van der Waals surface area contributed by atoms with Crippen LogP contribution in [0.4, 0.5) is 5.69 Å². The van der Waals surface area contributed by atoms with Crippen LogP contribution in [0.15, 0.2) is 90.6 Å². The van der Waals surface area contributed by atoms with E-state index >= 15 is 0 Å². The van der Waals surface area contributed by atoms with E-state index in [1.54, 1.807) is 0 Å². The van der Waals surface area contributed by atoms with E-state index in [1.165, 1.54) is 13.3 Å². The Balaban J connectivity index is 1.81. The van der Waals surface area contributed by atoms with Crippen LogP contribution in [0.2, 0.25) is 0 Å². The second kappa shape index (κ2) is 8.89. The summed E-state index contributed by atoms with van der Waals surface area (Å²) in [6.45, 7) is 0. The van der Waals surface area contributed by atoms with E-state index in [0.717, 1.165) is 28.0 Å². The zero-order valence-corrected chi connectivity index (χ0v) is 16.7. The first-order chi connectivity index (χ1) is 15.2. The molecule has 0 saturated heterocycles. The molecule has 4 aromatic rings. The van der Waals surface area contributed by atoms with E-state index < -0.39 is 5.97 Å². The van der Waals surface area contributed by atoms with Gasteiger partial charge in [-0.05, 0) is 18.2 Å². The molecule has 0 amide bonds. The third-order valence-electron chi connectivity index (χ3n) is 4.67. The fraction of sp³-hybridized carbons (Fsp3) is 0.0400. The molecule has 150 valence electrons. The second-order valence-corrected chi connectivity index (χ2v) is 6.66. The Morgan fingerprint density at radius 1 is 0.903 bits per heavy atom. The molecule has 31 heavy (non-hydrogen) atoms. The molecule has 1 N–H and O–H groups in total. The number of esters is 1. The predicted octanol–water partition coefficient (Wildman–Crippen LogP) is 4.96. The molecular formula is C25H18N4O2. The number of aromatic nitrogens is 2. The van der Waals surface area contributed by atoms with Crippen molar-refractivity contribution in [2.24, 2.45) is 0 Å². The molecule has 0 radical (unpaired) electrons. The molecule has 0 atom stereocenters. The number of fused-ring (bicyclic) bond motifs is 1. The van der Waals surface area contributed by atoms with Crippen LogP contribution in [0.1, 0.15) is 0 Å². The molecule has 0 bridgehead atoms. The zero-order valence-electron chi connectivity index (χ0n) is 16.7. The summed E-state index contributed by atoms with van der Waals surface area (Å²) in [6, 6.07) is 27.2. The summed E-state index contributed by atoms with van der Waals surface area (Å²) < 4.78 is 4.59.